The van der Waals surface area contributed by atoms with Gasteiger partial charge in [-0.15, -0.1) is 0 Å². The first-order valence-corrected chi connectivity index (χ1v) is 6.13. The number of hydrogen-bond acceptors (Lipinski definition) is 4. The van der Waals surface area contributed by atoms with Crippen molar-refractivity contribution in [1.29, 1.82) is 0 Å². The van der Waals surface area contributed by atoms with Crippen LogP contribution in [0.4, 0.5) is 0 Å². The highest BCUT2D eigenvalue weighted by Gasteiger charge is 2.17. The molecule has 1 heterocycles. The molecule has 1 rings (SSSR count). The molecule has 0 unspecified atom stereocenters. The summed E-state index contributed by atoms with van der Waals surface area (Å²) in [4.78, 5) is 15.6. The molecule has 0 aliphatic carbocycles. The molecule has 0 N–H and O–H groups in total. The monoisotopic (exact) mass is 228 g/mol. The van der Waals surface area contributed by atoms with Crippen molar-refractivity contribution in [2.75, 3.05) is 45.9 Å². The van der Waals surface area contributed by atoms with E-state index in [-0.39, 0.29) is 12.4 Å². The molecular formula is C12H24N2O2. The smallest absolute Gasteiger partial charge is 0.155 e. The van der Waals surface area contributed by atoms with Crippen LogP contribution in [0.25, 0.3) is 0 Å². The van der Waals surface area contributed by atoms with Gasteiger partial charge in [0.2, 0.25) is 0 Å². The normalized spacial score (nSPS) is 19.2. The minimum absolute atomic E-state index is 0.102. The molecule has 0 spiro atoms. The lowest BCUT2D eigenvalue weighted by molar-refractivity contribution is -0.121. The Labute approximate surface area is 98.5 Å². The van der Waals surface area contributed by atoms with Gasteiger partial charge < -0.3 is 4.74 Å². The summed E-state index contributed by atoms with van der Waals surface area (Å²) in [5.41, 5.74) is 0. The van der Waals surface area contributed by atoms with Crippen molar-refractivity contribution in [3.63, 3.8) is 0 Å². The van der Waals surface area contributed by atoms with E-state index in [0.29, 0.717) is 12.6 Å². The summed E-state index contributed by atoms with van der Waals surface area (Å²) in [5.74, 6) is 0.102. The molecule has 16 heavy (non-hydrogen) atoms. The van der Waals surface area contributed by atoms with E-state index in [0.717, 1.165) is 32.7 Å². The number of carbonyl (C=O) groups excluding carboxylic acids is 1. The van der Waals surface area contributed by atoms with Gasteiger partial charge in [-0.1, -0.05) is 0 Å². The molecule has 0 aromatic carbocycles. The lowest BCUT2D eigenvalue weighted by Crippen LogP contribution is -2.49. The zero-order valence-corrected chi connectivity index (χ0v) is 10.7. The fourth-order valence-corrected chi connectivity index (χ4v) is 1.91. The van der Waals surface area contributed by atoms with Gasteiger partial charge in [-0.3, -0.25) is 14.6 Å². The number of rotatable bonds is 6. The van der Waals surface area contributed by atoms with Crippen molar-refractivity contribution < 1.29 is 9.53 Å². The fraction of sp³-hybridized carbons (Fsp3) is 0.917. The van der Waals surface area contributed by atoms with Crippen LogP contribution in [0.3, 0.4) is 0 Å². The van der Waals surface area contributed by atoms with Gasteiger partial charge in [-0.25, -0.2) is 0 Å². The molecular weight excluding hydrogens is 204 g/mol. The molecule has 0 aromatic heterocycles. The molecule has 0 bridgehead atoms. The van der Waals surface area contributed by atoms with Crippen LogP contribution in [0.1, 0.15) is 20.8 Å². The summed E-state index contributed by atoms with van der Waals surface area (Å²) in [6, 6.07) is 0.649. The molecule has 4 nitrogen and oxygen atoms in total. The Morgan fingerprint density at radius 1 is 1.25 bits per heavy atom. The summed E-state index contributed by atoms with van der Waals surface area (Å²) in [7, 11) is 0. The Morgan fingerprint density at radius 2 is 1.88 bits per heavy atom. The molecule has 1 saturated heterocycles. The third-order valence-electron chi connectivity index (χ3n) is 2.99. The summed E-state index contributed by atoms with van der Waals surface area (Å²) in [5, 5.41) is 0. The van der Waals surface area contributed by atoms with E-state index < -0.39 is 0 Å². The van der Waals surface area contributed by atoms with Gasteiger partial charge in [0.1, 0.15) is 6.61 Å². The first-order chi connectivity index (χ1) is 7.59. The Kier molecular flexibility index (Phi) is 5.95. The number of ketones is 1. The van der Waals surface area contributed by atoms with Crippen LogP contribution in [0, 0.1) is 0 Å². The van der Waals surface area contributed by atoms with Crippen LogP contribution >= 0.6 is 0 Å². The Balaban J connectivity index is 2.06. The summed E-state index contributed by atoms with van der Waals surface area (Å²) >= 11 is 0. The van der Waals surface area contributed by atoms with Crippen LogP contribution in [0.5, 0.6) is 0 Å². The zero-order valence-electron chi connectivity index (χ0n) is 10.7. The summed E-state index contributed by atoms with van der Waals surface area (Å²) in [6.45, 7) is 12.4. The van der Waals surface area contributed by atoms with Crippen molar-refractivity contribution in [3.8, 4) is 0 Å². The van der Waals surface area contributed by atoms with Crippen molar-refractivity contribution in [3.05, 3.63) is 0 Å². The topological polar surface area (TPSA) is 32.8 Å². The average Bonchev–Trinajstić information content (AvgIpc) is 2.25. The van der Waals surface area contributed by atoms with E-state index >= 15 is 0 Å². The van der Waals surface area contributed by atoms with Gasteiger partial charge in [0, 0.05) is 38.8 Å². The predicted octanol–water partition coefficient (Wildman–Crippen LogP) is 0.618. The summed E-state index contributed by atoms with van der Waals surface area (Å²) in [6.07, 6.45) is 0. The molecule has 0 atom stereocenters. The molecule has 4 heteroatoms. The second kappa shape index (κ2) is 6.99. The van der Waals surface area contributed by atoms with E-state index in [1.54, 1.807) is 6.92 Å². The molecule has 0 radical (unpaired) electrons. The number of Topliss-reactive ketones (excluding diaryl/α,β-unsaturated/α-hetero) is 1. The maximum atomic E-state index is 10.7. The van der Waals surface area contributed by atoms with Gasteiger partial charge in [0.25, 0.3) is 0 Å². The van der Waals surface area contributed by atoms with Gasteiger partial charge >= 0.3 is 0 Å². The first kappa shape index (κ1) is 13.6. The van der Waals surface area contributed by atoms with E-state index in [2.05, 4.69) is 23.6 Å². The SMILES string of the molecule is CC(=O)COCCN1CCN(C(C)C)CC1. The fourth-order valence-electron chi connectivity index (χ4n) is 1.91. The number of carbonyl (C=O) groups is 1. The van der Waals surface area contributed by atoms with E-state index in [9.17, 15) is 4.79 Å². The van der Waals surface area contributed by atoms with Crippen molar-refractivity contribution >= 4 is 5.78 Å². The largest absolute Gasteiger partial charge is 0.372 e. The van der Waals surface area contributed by atoms with Crippen LogP contribution < -0.4 is 0 Å². The summed E-state index contributed by atoms with van der Waals surface area (Å²) < 4.78 is 5.27. The number of hydrogen-bond donors (Lipinski definition) is 0. The van der Waals surface area contributed by atoms with Gasteiger partial charge in [0.05, 0.1) is 6.61 Å². The highest BCUT2D eigenvalue weighted by Crippen LogP contribution is 2.05. The highest BCUT2D eigenvalue weighted by atomic mass is 16.5. The minimum atomic E-state index is 0.102. The predicted molar refractivity (Wildman–Crippen MR) is 64.6 cm³/mol. The third kappa shape index (κ3) is 5.05. The van der Waals surface area contributed by atoms with E-state index in [1.165, 1.54) is 0 Å². The van der Waals surface area contributed by atoms with Gasteiger partial charge in [-0.2, -0.15) is 0 Å². The van der Waals surface area contributed by atoms with Crippen LogP contribution in [-0.2, 0) is 9.53 Å². The first-order valence-electron chi connectivity index (χ1n) is 6.13. The van der Waals surface area contributed by atoms with E-state index in [1.807, 2.05) is 0 Å². The maximum Gasteiger partial charge on any atom is 0.155 e. The lowest BCUT2D eigenvalue weighted by Gasteiger charge is -2.36. The Bertz CT molecular complexity index is 211. The lowest BCUT2D eigenvalue weighted by atomic mass is 10.2. The Morgan fingerprint density at radius 3 is 2.38 bits per heavy atom. The molecule has 1 aliphatic rings. The Hall–Kier alpha value is -0.450. The van der Waals surface area contributed by atoms with Crippen molar-refractivity contribution in [2.24, 2.45) is 0 Å². The molecule has 0 amide bonds. The van der Waals surface area contributed by atoms with Gasteiger partial charge in [0.15, 0.2) is 5.78 Å². The molecule has 0 saturated carbocycles. The average molecular weight is 228 g/mol. The van der Waals surface area contributed by atoms with Crippen LogP contribution in [-0.4, -0.2) is 67.6 Å². The quantitative estimate of drug-likeness (QED) is 0.624. The molecule has 0 aromatic rings. The number of ether oxygens (including phenoxy) is 1. The second-order valence-electron chi connectivity index (χ2n) is 4.73. The van der Waals surface area contributed by atoms with Crippen molar-refractivity contribution in [1.82, 2.24) is 9.80 Å². The zero-order chi connectivity index (χ0) is 12.0. The maximum absolute atomic E-state index is 10.7. The van der Waals surface area contributed by atoms with Crippen molar-refractivity contribution in [2.45, 2.75) is 26.8 Å². The van der Waals surface area contributed by atoms with E-state index in [4.69, 9.17) is 4.74 Å². The second-order valence-corrected chi connectivity index (χ2v) is 4.73. The molecule has 1 fully saturated rings. The number of nitrogens with zero attached hydrogens (tertiary/aromatic N) is 2. The van der Waals surface area contributed by atoms with Crippen LogP contribution in [0.15, 0.2) is 0 Å². The van der Waals surface area contributed by atoms with Gasteiger partial charge in [-0.05, 0) is 20.8 Å². The minimum Gasteiger partial charge on any atom is -0.372 e. The van der Waals surface area contributed by atoms with Crippen LogP contribution in [0.2, 0.25) is 0 Å². The number of piperazine rings is 1. The molecule has 1 aliphatic heterocycles. The highest BCUT2D eigenvalue weighted by molar-refractivity contribution is 5.76. The third-order valence-corrected chi connectivity index (χ3v) is 2.99. The molecule has 94 valence electrons. The standard InChI is InChI=1S/C12H24N2O2/c1-11(2)14-6-4-13(5-7-14)8-9-16-10-12(3)15/h11H,4-10H2,1-3H3.